The first-order valence-electron chi connectivity index (χ1n) is 7.60. The monoisotopic (exact) mass is 331 g/mol. The Morgan fingerprint density at radius 3 is 2.75 bits per heavy atom. The van der Waals surface area contributed by atoms with Gasteiger partial charge in [0.25, 0.3) is 5.91 Å². The minimum atomic E-state index is -0.730. The van der Waals surface area contributed by atoms with Crippen LogP contribution in [0, 0.1) is 6.92 Å². The lowest BCUT2D eigenvalue weighted by molar-refractivity contribution is -0.122. The van der Waals surface area contributed by atoms with Crippen molar-refractivity contribution >= 4 is 11.7 Å². The molecule has 1 N–H and O–H groups in total. The van der Waals surface area contributed by atoms with Gasteiger partial charge in [0.1, 0.15) is 12.1 Å². The number of nitrogens with zero attached hydrogens (tertiary/aromatic N) is 2. The first-order chi connectivity index (χ1) is 11.5. The second-order valence-corrected chi connectivity index (χ2v) is 5.08. The van der Waals surface area contributed by atoms with Crippen molar-refractivity contribution in [3.8, 4) is 17.4 Å². The Bertz CT molecular complexity index is 706. The molecule has 0 radical (unpaired) electrons. The maximum atomic E-state index is 12.3. The lowest BCUT2D eigenvalue weighted by atomic mass is 10.2. The Hall–Kier alpha value is -2.83. The highest BCUT2D eigenvalue weighted by Crippen LogP contribution is 2.28. The van der Waals surface area contributed by atoms with Crippen LogP contribution in [-0.2, 0) is 4.79 Å². The molecule has 1 aromatic heterocycles. The molecular formula is C17H21N3O4. The van der Waals surface area contributed by atoms with Crippen LogP contribution < -0.4 is 19.5 Å². The van der Waals surface area contributed by atoms with Crippen LogP contribution in [0.1, 0.15) is 19.4 Å². The topological polar surface area (TPSA) is 82.6 Å². The van der Waals surface area contributed by atoms with Gasteiger partial charge in [-0.2, -0.15) is 0 Å². The zero-order valence-electron chi connectivity index (χ0n) is 14.2. The number of benzene rings is 1. The van der Waals surface area contributed by atoms with Crippen LogP contribution in [0.2, 0.25) is 0 Å². The predicted octanol–water partition coefficient (Wildman–Crippen LogP) is 2.60. The molecule has 0 aliphatic carbocycles. The Balaban J connectivity index is 2.03. The maximum Gasteiger partial charge on any atom is 0.266 e. The number of nitrogens with one attached hydrogen (secondary N) is 1. The van der Waals surface area contributed by atoms with Crippen LogP contribution in [0.3, 0.4) is 0 Å². The van der Waals surface area contributed by atoms with Crippen molar-refractivity contribution in [1.29, 1.82) is 0 Å². The summed E-state index contributed by atoms with van der Waals surface area (Å²) in [4.78, 5) is 20.2. The minimum absolute atomic E-state index is 0.334. The van der Waals surface area contributed by atoms with E-state index in [0.717, 1.165) is 5.56 Å². The molecule has 1 heterocycles. The fourth-order valence-electron chi connectivity index (χ4n) is 1.98. The SMILES string of the molecule is CCOc1cc(NC(=O)[C@H](C)Oc2ccc(C)cc2OC)ncn1. The van der Waals surface area contributed by atoms with Crippen molar-refractivity contribution in [3.05, 3.63) is 36.2 Å². The van der Waals surface area contributed by atoms with E-state index in [0.29, 0.717) is 29.8 Å². The molecule has 1 aromatic carbocycles. The van der Waals surface area contributed by atoms with E-state index < -0.39 is 6.10 Å². The number of carbonyl (C=O) groups excluding carboxylic acids is 1. The Morgan fingerprint density at radius 2 is 2.04 bits per heavy atom. The summed E-state index contributed by atoms with van der Waals surface area (Å²) in [7, 11) is 1.56. The molecule has 0 saturated heterocycles. The van der Waals surface area contributed by atoms with Gasteiger partial charge in [-0.1, -0.05) is 6.07 Å². The average Bonchev–Trinajstić information content (AvgIpc) is 2.57. The largest absolute Gasteiger partial charge is 0.493 e. The van der Waals surface area contributed by atoms with E-state index in [9.17, 15) is 4.79 Å². The van der Waals surface area contributed by atoms with Crippen molar-refractivity contribution in [1.82, 2.24) is 9.97 Å². The van der Waals surface area contributed by atoms with E-state index in [1.165, 1.54) is 6.33 Å². The highest BCUT2D eigenvalue weighted by atomic mass is 16.5. The fourth-order valence-corrected chi connectivity index (χ4v) is 1.98. The van der Waals surface area contributed by atoms with E-state index in [1.807, 2.05) is 26.0 Å². The molecular weight excluding hydrogens is 310 g/mol. The number of ether oxygens (including phenoxy) is 3. The van der Waals surface area contributed by atoms with Gasteiger partial charge in [0, 0.05) is 6.07 Å². The average molecular weight is 331 g/mol. The normalized spacial score (nSPS) is 11.5. The van der Waals surface area contributed by atoms with E-state index in [-0.39, 0.29) is 5.91 Å². The summed E-state index contributed by atoms with van der Waals surface area (Å²) in [6.07, 6.45) is 0.599. The number of carbonyl (C=O) groups is 1. The van der Waals surface area contributed by atoms with Crippen LogP contribution in [0.5, 0.6) is 17.4 Å². The summed E-state index contributed by atoms with van der Waals surface area (Å²) in [5.74, 6) is 1.50. The van der Waals surface area contributed by atoms with Crippen molar-refractivity contribution in [2.45, 2.75) is 26.9 Å². The molecule has 0 bridgehead atoms. The lowest BCUT2D eigenvalue weighted by Crippen LogP contribution is -2.30. The number of aryl methyl sites for hydroxylation is 1. The molecule has 0 aliphatic rings. The summed E-state index contributed by atoms with van der Waals surface area (Å²) in [6, 6.07) is 7.07. The van der Waals surface area contributed by atoms with Gasteiger partial charge in [-0.15, -0.1) is 0 Å². The molecule has 1 amide bonds. The molecule has 0 aliphatic heterocycles. The molecule has 0 saturated carbocycles. The van der Waals surface area contributed by atoms with Crippen molar-refractivity contribution in [2.75, 3.05) is 19.0 Å². The molecule has 2 aromatic rings. The van der Waals surface area contributed by atoms with Crippen molar-refractivity contribution in [2.24, 2.45) is 0 Å². The quantitative estimate of drug-likeness (QED) is 0.840. The molecule has 2 rings (SSSR count). The summed E-state index contributed by atoms with van der Waals surface area (Å²) in [6.45, 7) is 5.94. The van der Waals surface area contributed by atoms with Gasteiger partial charge in [-0.25, -0.2) is 9.97 Å². The van der Waals surface area contributed by atoms with Crippen LogP contribution >= 0.6 is 0 Å². The second-order valence-electron chi connectivity index (χ2n) is 5.08. The number of aromatic nitrogens is 2. The molecule has 7 nitrogen and oxygen atoms in total. The lowest BCUT2D eigenvalue weighted by Gasteiger charge is -2.17. The molecule has 7 heteroatoms. The van der Waals surface area contributed by atoms with Gasteiger partial charge in [-0.3, -0.25) is 4.79 Å². The minimum Gasteiger partial charge on any atom is -0.493 e. The highest BCUT2D eigenvalue weighted by molar-refractivity contribution is 5.93. The highest BCUT2D eigenvalue weighted by Gasteiger charge is 2.18. The van der Waals surface area contributed by atoms with E-state index >= 15 is 0 Å². The number of rotatable bonds is 7. The van der Waals surface area contributed by atoms with Gasteiger partial charge in [-0.05, 0) is 38.5 Å². The summed E-state index contributed by atoms with van der Waals surface area (Å²) in [5, 5.41) is 2.67. The van der Waals surface area contributed by atoms with Crippen LogP contribution in [0.15, 0.2) is 30.6 Å². The maximum absolute atomic E-state index is 12.3. The number of hydrogen-bond acceptors (Lipinski definition) is 6. The van der Waals surface area contributed by atoms with E-state index in [1.54, 1.807) is 26.2 Å². The summed E-state index contributed by atoms with van der Waals surface area (Å²) in [5.41, 5.74) is 1.04. The van der Waals surface area contributed by atoms with Gasteiger partial charge in [0.15, 0.2) is 17.6 Å². The van der Waals surface area contributed by atoms with E-state index in [2.05, 4.69) is 15.3 Å². The third-order valence-corrected chi connectivity index (χ3v) is 3.18. The number of methoxy groups -OCH3 is 1. The van der Waals surface area contributed by atoms with Crippen LogP contribution in [-0.4, -0.2) is 35.7 Å². The molecule has 1 atom stereocenters. The smallest absolute Gasteiger partial charge is 0.266 e. The van der Waals surface area contributed by atoms with Gasteiger partial charge in [0.2, 0.25) is 5.88 Å². The van der Waals surface area contributed by atoms with Gasteiger partial charge < -0.3 is 19.5 Å². The number of amides is 1. The van der Waals surface area contributed by atoms with E-state index in [4.69, 9.17) is 14.2 Å². The first kappa shape index (κ1) is 17.5. The van der Waals surface area contributed by atoms with Crippen molar-refractivity contribution < 1.29 is 19.0 Å². The first-order valence-corrected chi connectivity index (χ1v) is 7.60. The summed E-state index contributed by atoms with van der Waals surface area (Å²) >= 11 is 0. The zero-order valence-corrected chi connectivity index (χ0v) is 14.2. The van der Waals surface area contributed by atoms with Gasteiger partial charge in [0.05, 0.1) is 13.7 Å². The van der Waals surface area contributed by atoms with Crippen molar-refractivity contribution in [3.63, 3.8) is 0 Å². The second kappa shape index (κ2) is 8.14. The summed E-state index contributed by atoms with van der Waals surface area (Å²) < 4.78 is 16.2. The molecule has 0 unspecified atom stereocenters. The standard InChI is InChI=1S/C17H21N3O4/c1-5-23-16-9-15(18-10-19-16)20-17(21)12(3)24-13-7-6-11(2)8-14(13)22-4/h6-10,12H,5H2,1-4H3,(H,18,19,20,21)/t12-/m0/s1. The number of anilines is 1. The van der Waals surface area contributed by atoms with Gasteiger partial charge >= 0.3 is 0 Å². The third-order valence-electron chi connectivity index (χ3n) is 3.18. The van der Waals surface area contributed by atoms with Crippen LogP contribution in [0.4, 0.5) is 5.82 Å². The Labute approximate surface area is 141 Å². The Morgan fingerprint density at radius 1 is 1.25 bits per heavy atom. The zero-order chi connectivity index (χ0) is 17.5. The third kappa shape index (κ3) is 4.58. The molecule has 0 fully saturated rings. The molecule has 24 heavy (non-hydrogen) atoms. The molecule has 128 valence electrons. The fraction of sp³-hybridized carbons (Fsp3) is 0.353. The number of hydrogen-bond donors (Lipinski definition) is 1. The molecule has 0 spiro atoms. The Kier molecular flexibility index (Phi) is 5.95. The van der Waals surface area contributed by atoms with Crippen LogP contribution in [0.25, 0.3) is 0 Å². The predicted molar refractivity (Wildman–Crippen MR) is 89.7 cm³/mol.